The van der Waals surface area contributed by atoms with Gasteiger partial charge in [-0.3, -0.25) is 0 Å². The summed E-state index contributed by atoms with van der Waals surface area (Å²) in [6.45, 7) is 4.32. The first kappa shape index (κ1) is 8.28. The molecule has 0 spiro atoms. The van der Waals surface area contributed by atoms with Gasteiger partial charge >= 0.3 is 0 Å². The third-order valence-corrected chi connectivity index (χ3v) is 1.98. The van der Waals surface area contributed by atoms with Crippen molar-refractivity contribution in [3.05, 3.63) is 29.3 Å². The van der Waals surface area contributed by atoms with Crippen molar-refractivity contribution in [2.45, 2.75) is 13.8 Å². The fourth-order valence-corrected chi connectivity index (χ4v) is 1.60. The van der Waals surface area contributed by atoms with Gasteiger partial charge in [0.2, 0.25) is 0 Å². The first-order valence-electron chi connectivity index (χ1n) is 3.99. The van der Waals surface area contributed by atoms with Gasteiger partial charge in [-0.05, 0) is 13.8 Å². The maximum atomic E-state index is 2.16. The number of hydrogen-bond donors (Lipinski definition) is 1. The van der Waals surface area contributed by atoms with Gasteiger partial charge in [-0.25, -0.2) is 0 Å². The minimum atomic E-state index is 1.38. The standard InChI is InChI=1S/C10H15N/c1-8-6-5-7-9(2)10(8)11(3)4/h5-7H,1-4H3/p+1. The Morgan fingerprint density at radius 3 is 1.73 bits per heavy atom. The van der Waals surface area contributed by atoms with Crippen LogP contribution in [0.15, 0.2) is 18.2 Å². The Balaban J connectivity index is 3.21. The molecule has 60 valence electrons. The summed E-state index contributed by atoms with van der Waals surface area (Å²) in [5.41, 5.74) is 4.18. The Bertz CT molecular complexity index is 231. The van der Waals surface area contributed by atoms with Crippen LogP contribution in [0.2, 0.25) is 0 Å². The highest BCUT2D eigenvalue weighted by Crippen LogP contribution is 2.13. The molecule has 1 aromatic carbocycles. The third-order valence-electron chi connectivity index (χ3n) is 1.98. The molecule has 1 nitrogen and oxygen atoms in total. The van der Waals surface area contributed by atoms with E-state index in [1.807, 2.05) is 0 Å². The fourth-order valence-electron chi connectivity index (χ4n) is 1.60. The first-order chi connectivity index (χ1) is 5.13. The van der Waals surface area contributed by atoms with Crippen LogP contribution in [0.4, 0.5) is 5.69 Å². The van der Waals surface area contributed by atoms with E-state index in [9.17, 15) is 0 Å². The van der Waals surface area contributed by atoms with Crippen molar-refractivity contribution in [1.82, 2.24) is 0 Å². The van der Waals surface area contributed by atoms with Gasteiger partial charge in [0.05, 0.1) is 14.1 Å². The minimum absolute atomic E-state index is 1.38. The molecule has 1 N–H and O–H groups in total. The topological polar surface area (TPSA) is 4.44 Å². The molecule has 0 aliphatic heterocycles. The lowest BCUT2D eigenvalue weighted by Crippen LogP contribution is -3.00. The molecule has 0 aliphatic rings. The third kappa shape index (κ3) is 1.60. The van der Waals surface area contributed by atoms with Gasteiger partial charge in [0.15, 0.2) is 0 Å². The molecule has 0 amide bonds. The van der Waals surface area contributed by atoms with Gasteiger partial charge in [0, 0.05) is 11.1 Å². The molecular weight excluding hydrogens is 134 g/mol. The van der Waals surface area contributed by atoms with E-state index in [-0.39, 0.29) is 0 Å². The van der Waals surface area contributed by atoms with Crippen LogP contribution in [0.3, 0.4) is 0 Å². The van der Waals surface area contributed by atoms with Gasteiger partial charge in [0.25, 0.3) is 0 Å². The average Bonchev–Trinajstić information content (AvgIpc) is 1.85. The maximum absolute atomic E-state index is 2.16. The van der Waals surface area contributed by atoms with Crippen molar-refractivity contribution in [3.63, 3.8) is 0 Å². The Kier molecular flexibility index (Phi) is 2.30. The maximum Gasteiger partial charge on any atom is 0.136 e. The summed E-state index contributed by atoms with van der Waals surface area (Å²) in [5, 5.41) is 0. The highest BCUT2D eigenvalue weighted by molar-refractivity contribution is 5.45. The van der Waals surface area contributed by atoms with Crippen molar-refractivity contribution in [3.8, 4) is 0 Å². The number of benzene rings is 1. The van der Waals surface area contributed by atoms with Crippen molar-refractivity contribution in [2.75, 3.05) is 14.1 Å². The summed E-state index contributed by atoms with van der Waals surface area (Å²) in [6, 6.07) is 6.43. The number of aryl methyl sites for hydroxylation is 2. The van der Waals surface area contributed by atoms with Crippen LogP contribution in [-0.4, -0.2) is 14.1 Å². The smallest absolute Gasteiger partial charge is 0.136 e. The van der Waals surface area contributed by atoms with Crippen LogP contribution in [0.1, 0.15) is 11.1 Å². The van der Waals surface area contributed by atoms with Crippen molar-refractivity contribution >= 4 is 5.69 Å². The van der Waals surface area contributed by atoms with E-state index in [2.05, 4.69) is 46.1 Å². The highest BCUT2D eigenvalue weighted by atomic mass is 15.1. The molecule has 0 bridgehead atoms. The zero-order valence-corrected chi connectivity index (χ0v) is 7.73. The molecular formula is C10H16N+. The molecule has 0 unspecified atom stereocenters. The number of quaternary nitrogens is 1. The lowest BCUT2D eigenvalue weighted by Gasteiger charge is -2.11. The molecule has 0 saturated heterocycles. The number of rotatable bonds is 1. The van der Waals surface area contributed by atoms with Gasteiger partial charge in [-0.15, -0.1) is 0 Å². The summed E-state index contributed by atoms with van der Waals surface area (Å²) >= 11 is 0. The zero-order valence-electron chi connectivity index (χ0n) is 7.73. The van der Waals surface area contributed by atoms with E-state index in [0.29, 0.717) is 0 Å². The molecule has 0 heterocycles. The minimum Gasteiger partial charge on any atom is -0.307 e. The molecule has 0 atom stereocenters. The largest absolute Gasteiger partial charge is 0.307 e. The predicted octanol–water partition coefficient (Wildman–Crippen LogP) is 1.08. The van der Waals surface area contributed by atoms with Crippen LogP contribution < -0.4 is 4.90 Å². The monoisotopic (exact) mass is 150 g/mol. The highest BCUT2D eigenvalue weighted by Gasteiger charge is 2.07. The van der Waals surface area contributed by atoms with Crippen molar-refractivity contribution < 1.29 is 4.90 Å². The quantitative estimate of drug-likeness (QED) is 0.611. The molecule has 11 heavy (non-hydrogen) atoms. The molecule has 1 rings (SSSR count). The Morgan fingerprint density at radius 2 is 1.45 bits per heavy atom. The summed E-state index contributed by atoms with van der Waals surface area (Å²) in [7, 11) is 4.32. The van der Waals surface area contributed by atoms with Crippen LogP contribution in [-0.2, 0) is 0 Å². The van der Waals surface area contributed by atoms with Gasteiger partial charge in [-0.2, -0.15) is 0 Å². The second-order valence-electron chi connectivity index (χ2n) is 3.27. The summed E-state index contributed by atoms with van der Waals surface area (Å²) in [5.74, 6) is 0. The Morgan fingerprint density at radius 1 is 1.00 bits per heavy atom. The molecule has 0 saturated carbocycles. The SMILES string of the molecule is Cc1cccc(C)c1[NH+](C)C. The molecule has 0 aliphatic carbocycles. The first-order valence-corrected chi connectivity index (χ1v) is 3.99. The lowest BCUT2D eigenvalue weighted by atomic mass is 10.1. The van der Waals surface area contributed by atoms with Crippen LogP contribution in [0, 0.1) is 13.8 Å². The van der Waals surface area contributed by atoms with Crippen molar-refractivity contribution in [1.29, 1.82) is 0 Å². The number of nitrogens with one attached hydrogen (secondary N) is 1. The van der Waals surface area contributed by atoms with Gasteiger partial charge in [0.1, 0.15) is 5.69 Å². The summed E-state index contributed by atoms with van der Waals surface area (Å²) < 4.78 is 0. The van der Waals surface area contributed by atoms with Crippen molar-refractivity contribution in [2.24, 2.45) is 0 Å². The molecule has 0 aromatic heterocycles. The lowest BCUT2D eigenvalue weighted by molar-refractivity contribution is -0.787. The van der Waals surface area contributed by atoms with E-state index in [1.165, 1.54) is 21.7 Å². The number of hydrogen-bond acceptors (Lipinski definition) is 0. The Hall–Kier alpha value is -0.820. The van der Waals surface area contributed by atoms with E-state index in [1.54, 1.807) is 0 Å². The predicted molar refractivity (Wildman–Crippen MR) is 48.4 cm³/mol. The van der Waals surface area contributed by atoms with E-state index in [4.69, 9.17) is 0 Å². The molecule has 0 fully saturated rings. The summed E-state index contributed by atoms with van der Waals surface area (Å²) in [6.07, 6.45) is 0. The van der Waals surface area contributed by atoms with E-state index < -0.39 is 0 Å². The summed E-state index contributed by atoms with van der Waals surface area (Å²) in [4.78, 5) is 1.40. The Labute approximate surface area is 68.7 Å². The van der Waals surface area contributed by atoms with E-state index >= 15 is 0 Å². The average molecular weight is 150 g/mol. The van der Waals surface area contributed by atoms with Crippen LogP contribution >= 0.6 is 0 Å². The molecule has 0 radical (unpaired) electrons. The van der Waals surface area contributed by atoms with Gasteiger partial charge < -0.3 is 4.90 Å². The second-order valence-corrected chi connectivity index (χ2v) is 3.27. The van der Waals surface area contributed by atoms with Gasteiger partial charge in [-0.1, -0.05) is 18.2 Å². The zero-order chi connectivity index (χ0) is 8.43. The van der Waals surface area contributed by atoms with Crippen LogP contribution in [0.25, 0.3) is 0 Å². The normalized spacial score (nSPS) is 10.6. The second kappa shape index (κ2) is 3.05. The fraction of sp³-hybridized carbons (Fsp3) is 0.400. The number of para-hydroxylation sites is 1. The molecule has 1 heteroatoms. The van der Waals surface area contributed by atoms with Crippen LogP contribution in [0.5, 0.6) is 0 Å². The van der Waals surface area contributed by atoms with E-state index in [0.717, 1.165) is 0 Å². The molecule has 1 aromatic rings.